The topological polar surface area (TPSA) is 0 Å². The summed E-state index contributed by atoms with van der Waals surface area (Å²) in [6.07, 6.45) is 30.2. The molecule has 0 spiro atoms. The molecule has 2 atom stereocenters. The molecule has 0 bridgehead atoms. The zero-order chi connectivity index (χ0) is 29.7. The fourth-order valence-electron chi connectivity index (χ4n) is 8.67. The summed E-state index contributed by atoms with van der Waals surface area (Å²) in [5, 5.41) is 5.46. The first-order valence-electron chi connectivity index (χ1n) is 15.8. The second kappa shape index (κ2) is 13.0. The summed E-state index contributed by atoms with van der Waals surface area (Å²) >= 11 is -2.96. The summed E-state index contributed by atoms with van der Waals surface area (Å²) in [4.78, 5) is 0. The van der Waals surface area contributed by atoms with E-state index in [4.69, 9.17) is 0 Å². The second-order valence-corrected chi connectivity index (χ2v) is 21.1. The van der Waals surface area contributed by atoms with Gasteiger partial charge in [-0.3, -0.25) is 0 Å². The van der Waals surface area contributed by atoms with Crippen LogP contribution in [-0.4, -0.2) is 3.21 Å². The number of fused-ring (bicyclic) bond motifs is 4. The van der Waals surface area contributed by atoms with Gasteiger partial charge in [0.2, 0.25) is 0 Å². The van der Waals surface area contributed by atoms with Crippen LogP contribution < -0.4 is 0 Å². The molecule has 4 aliphatic rings. The quantitative estimate of drug-likeness (QED) is 0.197. The Bertz CT molecular complexity index is 1990. The molecule has 0 saturated heterocycles. The fraction of sp³-hybridized carbons (Fsp3) is 0.140. The van der Waals surface area contributed by atoms with Gasteiger partial charge in [-0.05, 0) is 0 Å². The molecule has 4 aromatic rings. The van der Waals surface area contributed by atoms with Crippen LogP contribution in [0.5, 0.6) is 0 Å². The SMILES string of the molecule is C[C](C)=[Zr]([C]1(c2cccc3ccccc23)CC=C2C=CC=CC=C21)[C]1(c2cccc3ccccc23)CC=C2C=CC=CC=C21.Cl.Cl. The minimum Gasteiger partial charge on any atom is -0.147 e. The Balaban J connectivity index is 0.00000186. The van der Waals surface area contributed by atoms with Gasteiger partial charge in [0.1, 0.15) is 0 Å². The van der Waals surface area contributed by atoms with E-state index >= 15 is 0 Å². The predicted octanol–water partition coefficient (Wildman–Crippen LogP) is 11.5. The summed E-state index contributed by atoms with van der Waals surface area (Å²) < 4.78 is 1.49. The molecule has 0 aliphatic heterocycles. The smallest absolute Gasteiger partial charge is 0.147 e. The van der Waals surface area contributed by atoms with Gasteiger partial charge in [0.05, 0.1) is 0 Å². The maximum Gasteiger partial charge on any atom is -0.147 e. The molecule has 4 aromatic carbocycles. The van der Waals surface area contributed by atoms with E-state index < -0.39 is 21.3 Å². The largest absolute Gasteiger partial charge is 0.147 e. The Labute approximate surface area is 293 Å². The van der Waals surface area contributed by atoms with Crippen LogP contribution >= 0.6 is 24.8 Å². The Morgan fingerprint density at radius 3 is 1.41 bits per heavy atom. The predicted molar refractivity (Wildman–Crippen MR) is 200 cm³/mol. The molecule has 3 heteroatoms. The molecule has 228 valence electrons. The summed E-state index contributed by atoms with van der Waals surface area (Å²) in [5.41, 5.74) is 8.86. The van der Waals surface area contributed by atoms with E-state index in [-0.39, 0.29) is 31.1 Å². The van der Waals surface area contributed by atoms with Gasteiger partial charge in [-0.2, -0.15) is 0 Å². The van der Waals surface area contributed by atoms with Gasteiger partial charge in [-0.15, -0.1) is 24.8 Å². The zero-order valence-electron chi connectivity index (χ0n) is 26.2. The van der Waals surface area contributed by atoms with Crippen molar-refractivity contribution in [2.75, 3.05) is 0 Å². The van der Waals surface area contributed by atoms with Gasteiger partial charge in [-0.25, -0.2) is 0 Å². The first-order chi connectivity index (χ1) is 21.6. The minimum atomic E-state index is -2.96. The van der Waals surface area contributed by atoms with Crippen molar-refractivity contribution in [2.24, 2.45) is 0 Å². The molecule has 8 rings (SSSR count). The molecule has 0 N–H and O–H groups in total. The van der Waals surface area contributed by atoms with Crippen LogP contribution in [0.4, 0.5) is 0 Å². The first-order valence-corrected chi connectivity index (χ1v) is 19.5. The average molecular weight is 717 g/mol. The molecule has 0 saturated carbocycles. The van der Waals surface area contributed by atoms with Gasteiger partial charge in [-0.1, -0.05) is 0 Å². The van der Waals surface area contributed by atoms with Gasteiger partial charge < -0.3 is 0 Å². The van der Waals surface area contributed by atoms with E-state index in [9.17, 15) is 0 Å². The number of hydrogen-bond acceptors (Lipinski definition) is 0. The first kappa shape index (κ1) is 32.6. The van der Waals surface area contributed by atoms with Crippen LogP contribution in [0.3, 0.4) is 0 Å². The van der Waals surface area contributed by atoms with Crippen molar-refractivity contribution in [1.82, 2.24) is 0 Å². The summed E-state index contributed by atoms with van der Waals surface area (Å²) in [6, 6.07) is 32.3. The molecule has 0 aromatic heterocycles. The zero-order valence-corrected chi connectivity index (χ0v) is 30.3. The molecular weight excluding hydrogens is 679 g/mol. The minimum absolute atomic E-state index is 0. The fourth-order valence-corrected chi connectivity index (χ4v) is 21.0. The van der Waals surface area contributed by atoms with Crippen molar-refractivity contribution < 1.29 is 21.3 Å². The van der Waals surface area contributed by atoms with Crippen molar-refractivity contribution >= 4 is 49.6 Å². The monoisotopic (exact) mass is 714 g/mol. The maximum atomic E-state index is 2.56. The Morgan fingerprint density at radius 2 is 0.957 bits per heavy atom. The number of benzene rings is 4. The number of rotatable bonds is 4. The number of hydrogen-bond donors (Lipinski definition) is 0. The van der Waals surface area contributed by atoms with Crippen LogP contribution in [0, 0.1) is 0 Å². The van der Waals surface area contributed by atoms with E-state index in [1.807, 2.05) is 0 Å². The molecule has 0 heterocycles. The third kappa shape index (κ3) is 4.86. The van der Waals surface area contributed by atoms with Crippen LogP contribution in [-0.2, 0) is 27.5 Å². The second-order valence-electron chi connectivity index (χ2n) is 12.6. The van der Waals surface area contributed by atoms with Gasteiger partial charge >= 0.3 is 270 Å². The molecule has 0 amide bonds. The van der Waals surface area contributed by atoms with E-state index in [2.05, 4.69) is 172 Å². The Kier molecular flexibility index (Phi) is 9.24. The summed E-state index contributed by atoms with van der Waals surface area (Å²) in [7, 11) is 0. The third-order valence-electron chi connectivity index (χ3n) is 10.2. The average Bonchev–Trinajstić information content (AvgIpc) is 3.34. The van der Waals surface area contributed by atoms with Crippen molar-refractivity contribution in [3.63, 3.8) is 0 Å². The third-order valence-corrected chi connectivity index (χ3v) is 20.5. The molecule has 0 nitrogen and oxygen atoms in total. The van der Waals surface area contributed by atoms with Crippen LogP contribution in [0.1, 0.15) is 37.8 Å². The van der Waals surface area contributed by atoms with Crippen LogP contribution in [0.2, 0.25) is 0 Å². The van der Waals surface area contributed by atoms with Crippen molar-refractivity contribution in [1.29, 1.82) is 0 Å². The summed E-state index contributed by atoms with van der Waals surface area (Å²) in [6.45, 7) is 4.97. The Hall–Kier alpha value is -3.35. The standard InChI is InChI=1S/2C20H15.C3H6.2ClH.Zr/c2*1-2-7-16-13-14-20(18(16)10-3-1)19-12-6-9-15-8-4-5-11-17(15)19;1-3-2;;;/h2*1-13H,14H2;1-2H3;2*1H;. The Morgan fingerprint density at radius 1 is 0.522 bits per heavy atom. The van der Waals surface area contributed by atoms with Crippen molar-refractivity contribution in [3.05, 3.63) is 191 Å². The van der Waals surface area contributed by atoms with E-state index in [1.54, 1.807) is 3.21 Å². The van der Waals surface area contributed by atoms with Crippen molar-refractivity contribution in [2.45, 2.75) is 32.9 Å². The van der Waals surface area contributed by atoms with Gasteiger partial charge in [0.25, 0.3) is 0 Å². The summed E-state index contributed by atoms with van der Waals surface area (Å²) in [5.74, 6) is 0. The van der Waals surface area contributed by atoms with Crippen LogP contribution in [0.25, 0.3) is 21.5 Å². The number of allylic oxidation sites excluding steroid dienone is 16. The van der Waals surface area contributed by atoms with Gasteiger partial charge in [0, 0.05) is 0 Å². The molecule has 2 unspecified atom stereocenters. The van der Waals surface area contributed by atoms with E-state index in [0.717, 1.165) is 12.8 Å². The van der Waals surface area contributed by atoms with Crippen molar-refractivity contribution in [3.8, 4) is 0 Å². The van der Waals surface area contributed by atoms with Gasteiger partial charge in [0.15, 0.2) is 0 Å². The molecule has 0 fully saturated rings. The van der Waals surface area contributed by atoms with Crippen LogP contribution in [0.15, 0.2) is 180 Å². The van der Waals surface area contributed by atoms with E-state index in [0.29, 0.717) is 0 Å². The number of halogens is 2. The molecule has 46 heavy (non-hydrogen) atoms. The maximum absolute atomic E-state index is 2.96. The normalized spacial score (nSPS) is 22.4. The van der Waals surface area contributed by atoms with E-state index in [1.165, 1.54) is 55.0 Å². The molecule has 4 aliphatic carbocycles. The molecule has 0 radical (unpaired) electrons. The molecular formula is C43H38Cl2Zr.